The molecule has 2 aromatic carbocycles. The number of fused-ring (bicyclic) bond motifs is 1. The first kappa shape index (κ1) is 15.4. The molecule has 2 aromatic rings. The molecule has 0 atom stereocenters. The van der Waals surface area contributed by atoms with Crippen LogP contribution in [0.15, 0.2) is 47.4 Å². The Hall–Kier alpha value is -2.54. The zero-order valence-corrected chi connectivity index (χ0v) is 13.1. The molecular weight excluding hydrogens is 314 g/mol. The highest BCUT2D eigenvalue weighted by atomic mass is 32.2. The van der Waals surface area contributed by atoms with Crippen LogP contribution in [0.4, 0.5) is 11.4 Å². The molecule has 6 nitrogen and oxygen atoms in total. The van der Waals surface area contributed by atoms with E-state index >= 15 is 0 Å². The van der Waals surface area contributed by atoms with Crippen LogP contribution in [0.2, 0.25) is 0 Å². The van der Waals surface area contributed by atoms with Crippen LogP contribution >= 0.6 is 11.8 Å². The fraction of sp³-hybridized carbons (Fsp3) is 0.188. The van der Waals surface area contributed by atoms with E-state index in [1.54, 1.807) is 17.8 Å². The number of nitrogens with zero attached hydrogens (tertiary/aromatic N) is 2. The minimum atomic E-state index is -0.667. The van der Waals surface area contributed by atoms with Gasteiger partial charge in [0.05, 0.1) is 10.6 Å². The van der Waals surface area contributed by atoms with Gasteiger partial charge in [0.25, 0.3) is 5.69 Å². The van der Waals surface area contributed by atoms with Crippen LogP contribution in [0.5, 0.6) is 0 Å². The van der Waals surface area contributed by atoms with E-state index in [1.807, 2.05) is 18.2 Å². The predicted octanol–water partition coefficient (Wildman–Crippen LogP) is 2.81. The molecule has 118 valence electrons. The van der Waals surface area contributed by atoms with Crippen LogP contribution in [0.1, 0.15) is 15.9 Å². The molecule has 1 amide bonds. The van der Waals surface area contributed by atoms with E-state index < -0.39 is 10.8 Å². The van der Waals surface area contributed by atoms with Crippen molar-refractivity contribution in [2.24, 2.45) is 5.73 Å². The minimum Gasteiger partial charge on any atom is -0.366 e. The highest BCUT2D eigenvalue weighted by Crippen LogP contribution is 2.36. The summed E-state index contributed by atoms with van der Waals surface area (Å²) in [5.41, 5.74) is 6.93. The molecule has 0 bridgehead atoms. The largest absolute Gasteiger partial charge is 0.366 e. The number of nitro groups is 1. The summed E-state index contributed by atoms with van der Waals surface area (Å²) in [4.78, 5) is 25.4. The molecule has 3 rings (SSSR count). The summed E-state index contributed by atoms with van der Waals surface area (Å²) in [7, 11) is 0. The molecule has 1 heterocycles. The normalized spacial score (nSPS) is 13.5. The molecule has 0 spiro atoms. The number of rotatable bonds is 4. The SMILES string of the molecule is NC(=O)c1ccc(CN2CCSc3ccccc32)c([N+](=O)[O-])c1. The van der Waals surface area contributed by atoms with Crippen LogP contribution in [0, 0.1) is 10.1 Å². The van der Waals surface area contributed by atoms with Gasteiger partial charge >= 0.3 is 0 Å². The Bertz CT molecular complexity index is 779. The molecule has 0 fully saturated rings. The smallest absolute Gasteiger partial charge is 0.275 e. The van der Waals surface area contributed by atoms with E-state index in [0.29, 0.717) is 12.1 Å². The number of carbonyl (C=O) groups excluding carboxylic acids is 1. The van der Waals surface area contributed by atoms with E-state index in [4.69, 9.17) is 5.73 Å². The van der Waals surface area contributed by atoms with Crippen LogP contribution in [-0.2, 0) is 6.54 Å². The third-order valence-electron chi connectivity index (χ3n) is 3.75. The third kappa shape index (κ3) is 3.14. The summed E-state index contributed by atoms with van der Waals surface area (Å²) in [5.74, 6) is 0.267. The van der Waals surface area contributed by atoms with Crippen molar-refractivity contribution >= 4 is 29.0 Å². The highest BCUT2D eigenvalue weighted by Gasteiger charge is 2.22. The number of para-hydroxylation sites is 1. The molecule has 0 unspecified atom stereocenters. The lowest BCUT2D eigenvalue weighted by Gasteiger charge is -2.30. The van der Waals surface area contributed by atoms with E-state index in [1.165, 1.54) is 17.0 Å². The average molecular weight is 329 g/mol. The van der Waals surface area contributed by atoms with Gasteiger partial charge in [0, 0.05) is 40.9 Å². The van der Waals surface area contributed by atoms with Gasteiger partial charge < -0.3 is 10.6 Å². The summed E-state index contributed by atoms with van der Waals surface area (Å²) in [6.07, 6.45) is 0. The van der Waals surface area contributed by atoms with E-state index in [2.05, 4.69) is 11.0 Å². The monoisotopic (exact) mass is 329 g/mol. The molecule has 0 radical (unpaired) electrons. The molecule has 1 aliphatic rings. The second-order valence-electron chi connectivity index (χ2n) is 5.20. The number of thioether (sulfide) groups is 1. The first-order valence-corrected chi connectivity index (χ1v) is 8.08. The van der Waals surface area contributed by atoms with Crippen LogP contribution < -0.4 is 10.6 Å². The zero-order chi connectivity index (χ0) is 16.4. The lowest BCUT2D eigenvalue weighted by Crippen LogP contribution is -2.28. The number of anilines is 1. The fourth-order valence-corrected chi connectivity index (χ4v) is 3.67. The van der Waals surface area contributed by atoms with Crippen molar-refractivity contribution in [3.05, 3.63) is 63.7 Å². The number of nitrogens with two attached hydrogens (primary N) is 1. The molecule has 1 aliphatic heterocycles. The molecule has 7 heteroatoms. The number of amides is 1. The number of carbonyl (C=O) groups is 1. The van der Waals surface area contributed by atoms with Crippen LogP contribution in [0.25, 0.3) is 0 Å². The molecule has 0 aromatic heterocycles. The van der Waals surface area contributed by atoms with Gasteiger partial charge in [-0.2, -0.15) is 0 Å². The van der Waals surface area contributed by atoms with E-state index in [9.17, 15) is 14.9 Å². The maximum absolute atomic E-state index is 11.3. The lowest BCUT2D eigenvalue weighted by atomic mass is 10.1. The van der Waals surface area contributed by atoms with Crippen molar-refractivity contribution in [1.82, 2.24) is 0 Å². The maximum Gasteiger partial charge on any atom is 0.275 e. The number of primary amides is 1. The number of nitro benzene ring substituents is 1. The summed E-state index contributed by atoms with van der Waals surface area (Å²) >= 11 is 1.78. The number of benzene rings is 2. The van der Waals surface area contributed by atoms with E-state index in [-0.39, 0.29) is 11.3 Å². The highest BCUT2D eigenvalue weighted by molar-refractivity contribution is 7.99. The molecule has 0 aliphatic carbocycles. The van der Waals surface area contributed by atoms with Crippen molar-refractivity contribution < 1.29 is 9.72 Å². The summed E-state index contributed by atoms with van der Waals surface area (Å²) < 4.78 is 0. The summed E-state index contributed by atoms with van der Waals surface area (Å²) in [6.45, 7) is 1.24. The van der Waals surface area contributed by atoms with Gasteiger partial charge in [0.2, 0.25) is 5.91 Å². The lowest BCUT2D eigenvalue weighted by molar-refractivity contribution is -0.385. The van der Waals surface area contributed by atoms with Crippen molar-refractivity contribution in [1.29, 1.82) is 0 Å². The quantitative estimate of drug-likeness (QED) is 0.688. The van der Waals surface area contributed by atoms with Gasteiger partial charge in [-0.1, -0.05) is 12.1 Å². The Morgan fingerprint density at radius 2 is 2.09 bits per heavy atom. The average Bonchev–Trinajstić information content (AvgIpc) is 2.55. The Morgan fingerprint density at radius 1 is 1.30 bits per heavy atom. The van der Waals surface area contributed by atoms with Gasteiger partial charge in [0.15, 0.2) is 0 Å². The van der Waals surface area contributed by atoms with Crippen molar-refractivity contribution in [3.8, 4) is 0 Å². The Morgan fingerprint density at radius 3 is 2.83 bits per heavy atom. The van der Waals surface area contributed by atoms with Crippen LogP contribution in [0.3, 0.4) is 0 Å². The standard InChI is InChI=1S/C16H15N3O3S/c17-16(20)11-5-6-12(14(9-11)19(21)22)10-18-7-8-23-15-4-2-1-3-13(15)18/h1-6,9H,7-8,10H2,(H2,17,20). The Labute approximate surface area is 137 Å². The first-order chi connectivity index (χ1) is 11.1. The molecular formula is C16H15N3O3S. The van der Waals surface area contributed by atoms with Crippen molar-refractivity contribution in [2.45, 2.75) is 11.4 Å². The summed E-state index contributed by atoms with van der Waals surface area (Å²) in [6, 6.07) is 12.4. The molecule has 23 heavy (non-hydrogen) atoms. The fourth-order valence-electron chi connectivity index (χ4n) is 2.62. The molecule has 2 N–H and O–H groups in total. The Kier molecular flexibility index (Phi) is 4.20. The number of hydrogen-bond acceptors (Lipinski definition) is 5. The molecule has 0 saturated heterocycles. The topological polar surface area (TPSA) is 89.5 Å². The zero-order valence-electron chi connectivity index (χ0n) is 12.3. The second kappa shape index (κ2) is 6.29. The summed E-state index contributed by atoms with van der Waals surface area (Å²) in [5, 5.41) is 11.3. The van der Waals surface area contributed by atoms with Crippen molar-refractivity contribution in [2.75, 3.05) is 17.2 Å². The van der Waals surface area contributed by atoms with Gasteiger partial charge in [-0.3, -0.25) is 14.9 Å². The number of hydrogen-bond donors (Lipinski definition) is 1. The third-order valence-corrected chi connectivity index (χ3v) is 4.80. The molecule has 0 saturated carbocycles. The minimum absolute atomic E-state index is 0.0722. The van der Waals surface area contributed by atoms with Gasteiger partial charge in [-0.15, -0.1) is 11.8 Å². The van der Waals surface area contributed by atoms with Gasteiger partial charge in [-0.05, 0) is 24.3 Å². The van der Waals surface area contributed by atoms with E-state index in [0.717, 1.165) is 18.0 Å². The maximum atomic E-state index is 11.3. The van der Waals surface area contributed by atoms with Crippen molar-refractivity contribution in [3.63, 3.8) is 0 Å². The van der Waals surface area contributed by atoms with Gasteiger partial charge in [-0.25, -0.2) is 0 Å². The Balaban J connectivity index is 1.95. The van der Waals surface area contributed by atoms with Gasteiger partial charge in [0.1, 0.15) is 0 Å². The first-order valence-electron chi connectivity index (χ1n) is 7.10. The van der Waals surface area contributed by atoms with Crippen LogP contribution in [-0.4, -0.2) is 23.1 Å². The second-order valence-corrected chi connectivity index (χ2v) is 6.34. The predicted molar refractivity (Wildman–Crippen MR) is 89.8 cm³/mol.